The Morgan fingerprint density at radius 2 is 2.12 bits per heavy atom. The molecule has 0 aliphatic heterocycles. The van der Waals surface area contributed by atoms with Gasteiger partial charge in [0.25, 0.3) is 0 Å². The summed E-state index contributed by atoms with van der Waals surface area (Å²) in [4.78, 5) is 3.90. The van der Waals surface area contributed by atoms with Gasteiger partial charge in [0.05, 0.1) is 5.69 Å². The molecule has 2 N–H and O–H groups in total. The Kier molecular flexibility index (Phi) is 2.88. The van der Waals surface area contributed by atoms with Gasteiger partial charge in [-0.15, -0.1) is 0 Å². The molecule has 84 valence electrons. The lowest BCUT2D eigenvalue weighted by Crippen LogP contribution is -1.97. The maximum absolute atomic E-state index is 13.3. The van der Waals surface area contributed by atoms with E-state index in [9.17, 15) is 4.39 Å². The van der Waals surface area contributed by atoms with Crippen molar-refractivity contribution in [1.29, 1.82) is 5.26 Å². The lowest BCUT2D eigenvalue weighted by Gasteiger charge is -2.08. The van der Waals surface area contributed by atoms with Gasteiger partial charge in [0.2, 0.25) is 5.88 Å². The number of anilines is 1. The molecule has 0 aliphatic carbocycles. The minimum atomic E-state index is -0.639. The van der Waals surface area contributed by atoms with Crippen molar-refractivity contribution in [3.8, 4) is 17.7 Å². The molecule has 0 saturated carbocycles. The van der Waals surface area contributed by atoms with Crippen LogP contribution in [0.2, 0.25) is 0 Å². The molecule has 5 heteroatoms. The van der Waals surface area contributed by atoms with Crippen molar-refractivity contribution in [2.45, 2.75) is 0 Å². The Balaban J connectivity index is 2.41. The number of hydrogen-bond donors (Lipinski definition) is 1. The Labute approximate surface area is 97.1 Å². The number of nitrogens with two attached hydrogens (primary N) is 1. The van der Waals surface area contributed by atoms with E-state index in [-0.39, 0.29) is 17.2 Å². The molecule has 0 fully saturated rings. The number of nitriles is 1. The molecule has 0 bridgehead atoms. The Morgan fingerprint density at radius 3 is 2.82 bits per heavy atom. The van der Waals surface area contributed by atoms with Crippen LogP contribution in [0.1, 0.15) is 5.56 Å². The first-order valence-electron chi connectivity index (χ1n) is 4.79. The highest BCUT2D eigenvalue weighted by Crippen LogP contribution is 2.28. The lowest BCUT2D eigenvalue weighted by atomic mass is 10.2. The van der Waals surface area contributed by atoms with E-state index in [2.05, 4.69) is 4.98 Å². The summed E-state index contributed by atoms with van der Waals surface area (Å²) in [6, 6.07) is 9.11. The van der Waals surface area contributed by atoms with Gasteiger partial charge in [-0.05, 0) is 24.3 Å². The van der Waals surface area contributed by atoms with Crippen molar-refractivity contribution >= 4 is 5.69 Å². The minimum absolute atomic E-state index is 0.0953. The fourth-order valence-electron chi connectivity index (χ4n) is 1.29. The molecular weight excluding hydrogens is 221 g/mol. The van der Waals surface area contributed by atoms with Crippen molar-refractivity contribution in [3.05, 3.63) is 47.9 Å². The Hall–Kier alpha value is -2.61. The van der Waals surface area contributed by atoms with Gasteiger partial charge in [-0.1, -0.05) is 6.07 Å². The third kappa shape index (κ3) is 2.16. The fourth-order valence-corrected chi connectivity index (χ4v) is 1.29. The van der Waals surface area contributed by atoms with Gasteiger partial charge in [0.15, 0.2) is 0 Å². The molecule has 2 aromatic rings. The summed E-state index contributed by atoms with van der Waals surface area (Å²) in [6.45, 7) is 0. The number of aromatic nitrogens is 1. The molecule has 0 aliphatic rings. The van der Waals surface area contributed by atoms with E-state index in [1.165, 1.54) is 24.4 Å². The van der Waals surface area contributed by atoms with E-state index in [4.69, 9.17) is 15.7 Å². The first-order chi connectivity index (χ1) is 8.22. The molecule has 1 heterocycles. The van der Waals surface area contributed by atoms with Crippen LogP contribution in [0.3, 0.4) is 0 Å². The predicted octanol–water partition coefficient (Wildman–Crippen LogP) is 2.47. The number of pyridine rings is 1. The molecule has 4 nitrogen and oxygen atoms in total. The molecule has 0 atom stereocenters. The topological polar surface area (TPSA) is 71.9 Å². The van der Waals surface area contributed by atoms with Gasteiger partial charge in [-0.3, -0.25) is 0 Å². The predicted molar refractivity (Wildman–Crippen MR) is 59.8 cm³/mol. The zero-order chi connectivity index (χ0) is 12.3. The maximum atomic E-state index is 13.3. The summed E-state index contributed by atoms with van der Waals surface area (Å²) < 4.78 is 18.6. The Bertz CT molecular complexity index is 593. The number of nitrogens with zero attached hydrogens (tertiary/aromatic N) is 2. The van der Waals surface area contributed by atoms with Gasteiger partial charge >= 0.3 is 0 Å². The van der Waals surface area contributed by atoms with Crippen LogP contribution < -0.4 is 10.5 Å². The van der Waals surface area contributed by atoms with Gasteiger partial charge < -0.3 is 10.5 Å². The molecule has 0 saturated heterocycles. The largest absolute Gasteiger partial charge is 0.436 e. The smallest absolute Gasteiger partial charge is 0.242 e. The van der Waals surface area contributed by atoms with Crippen LogP contribution in [0.15, 0.2) is 36.5 Å². The molecule has 0 spiro atoms. The molecule has 0 unspecified atom stereocenters. The third-order valence-corrected chi connectivity index (χ3v) is 2.09. The van der Waals surface area contributed by atoms with Crippen LogP contribution in [-0.4, -0.2) is 4.98 Å². The van der Waals surface area contributed by atoms with Crippen LogP contribution in [0.25, 0.3) is 0 Å². The normalized spacial score (nSPS) is 9.65. The van der Waals surface area contributed by atoms with Crippen LogP contribution in [0, 0.1) is 17.1 Å². The second-order valence-corrected chi connectivity index (χ2v) is 3.22. The third-order valence-electron chi connectivity index (χ3n) is 2.09. The number of halogens is 1. The van der Waals surface area contributed by atoms with Gasteiger partial charge in [0, 0.05) is 6.20 Å². The molecular formula is C12H8FN3O. The van der Waals surface area contributed by atoms with Gasteiger partial charge in [0.1, 0.15) is 23.2 Å². The van der Waals surface area contributed by atoms with Crippen LogP contribution >= 0.6 is 0 Å². The molecule has 1 aromatic heterocycles. The average molecular weight is 229 g/mol. The molecule has 2 rings (SSSR count). The first kappa shape index (κ1) is 10.9. The van der Waals surface area contributed by atoms with E-state index in [1.54, 1.807) is 18.2 Å². The number of hydrogen-bond acceptors (Lipinski definition) is 4. The zero-order valence-corrected chi connectivity index (χ0v) is 8.72. The Morgan fingerprint density at radius 1 is 1.29 bits per heavy atom. The molecule has 0 radical (unpaired) electrons. The number of rotatable bonds is 2. The molecule has 1 aromatic carbocycles. The van der Waals surface area contributed by atoms with Gasteiger partial charge in [-0.2, -0.15) is 5.26 Å². The lowest BCUT2D eigenvalue weighted by molar-refractivity contribution is 0.458. The highest BCUT2D eigenvalue weighted by Gasteiger charge is 2.11. The highest BCUT2D eigenvalue weighted by molar-refractivity contribution is 5.51. The SMILES string of the molecule is N#Cc1c(F)cccc1Oc1ncccc1N. The number of benzene rings is 1. The van der Waals surface area contributed by atoms with E-state index in [0.717, 1.165) is 0 Å². The van der Waals surface area contributed by atoms with Crippen LogP contribution in [0.4, 0.5) is 10.1 Å². The second kappa shape index (κ2) is 4.49. The minimum Gasteiger partial charge on any atom is -0.436 e. The summed E-state index contributed by atoms with van der Waals surface area (Å²) in [7, 11) is 0. The van der Waals surface area contributed by atoms with Crippen molar-refractivity contribution < 1.29 is 9.13 Å². The fraction of sp³-hybridized carbons (Fsp3) is 0. The highest BCUT2D eigenvalue weighted by atomic mass is 19.1. The zero-order valence-electron chi connectivity index (χ0n) is 8.72. The maximum Gasteiger partial charge on any atom is 0.242 e. The molecule has 17 heavy (non-hydrogen) atoms. The van der Waals surface area contributed by atoms with Crippen molar-refractivity contribution in [3.63, 3.8) is 0 Å². The van der Waals surface area contributed by atoms with Crippen LogP contribution in [-0.2, 0) is 0 Å². The van der Waals surface area contributed by atoms with Crippen molar-refractivity contribution in [1.82, 2.24) is 4.98 Å². The summed E-state index contributed by atoms with van der Waals surface area (Å²) in [5, 5.41) is 8.82. The summed E-state index contributed by atoms with van der Waals surface area (Å²) in [5.41, 5.74) is 5.78. The standard InChI is InChI=1S/C12H8FN3O/c13-9-3-1-5-11(8(9)7-14)17-12-10(15)4-2-6-16-12/h1-6H,15H2. The van der Waals surface area contributed by atoms with E-state index >= 15 is 0 Å². The number of ether oxygens (including phenoxy) is 1. The monoisotopic (exact) mass is 229 g/mol. The second-order valence-electron chi connectivity index (χ2n) is 3.22. The van der Waals surface area contributed by atoms with Crippen molar-refractivity contribution in [2.24, 2.45) is 0 Å². The van der Waals surface area contributed by atoms with E-state index in [0.29, 0.717) is 5.69 Å². The summed E-state index contributed by atoms with van der Waals surface area (Å²) >= 11 is 0. The summed E-state index contributed by atoms with van der Waals surface area (Å²) in [6.07, 6.45) is 1.50. The first-order valence-corrected chi connectivity index (χ1v) is 4.79. The van der Waals surface area contributed by atoms with Crippen LogP contribution in [0.5, 0.6) is 11.6 Å². The quantitative estimate of drug-likeness (QED) is 0.858. The number of nitrogen functional groups attached to an aromatic ring is 1. The van der Waals surface area contributed by atoms with E-state index < -0.39 is 5.82 Å². The van der Waals surface area contributed by atoms with E-state index in [1.807, 2.05) is 0 Å². The summed E-state index contributed by atoms with van der Waals surface area (Å²) in [5.74, 6) is -0.396. The van der Waals surface area contributed by atoms with Crippen molar-refractivity contribution in [2.75, 3.05) is 5.73 Å². The molecule has 0 amide bonds. The average Bonchev–Trinajstić information content (AvgIpc) is 2.32. The van der Waals surface area contributed by atoms with Gasteiger partial charge in [-0.25, -0.2) is 9.37 Å².